The fourth-order valence-corrected chi connectivity index (χ4v) is 1.74. The topological polar surface area (TPSA) is 122 Å². The minimum absolute atomic E-state index is 0.0587. The number of nitrogens with two attached hydrogens (primary N) is 1. The van der Waals surface area contributed by atoms with Crippen molar-refractivity contribution in [2.45, 2.75) is 45.3 Å². The number of rotatable bonds is 5. The summed E-state index contributed by atoms with van der Waals surface area (Å²) in [6.45, 7) is 5.18. The van der Waals surface area contributed by atoms with E-state index in [2.05, 4.69) is 5.32 Å². The van der Waals surface area contributed by atoms with Crippen LogP contribution in [-0.2, 0) is 9.53 Å². The van der Waals surface area contributed by atoms with Gasteiger partial charge in [-0.1, -0.05) is 6.07 Å². The maximum Gasteiger partial charge on any atom is 0.412 e. The zero-order valence-electron chi connectivity index (χ0n) is 12.9. The molecule has 1 atom stereocenters. The Morgan fingerprint density at radius 2 is 2.00 bits per heavy atom. The number of nitrogens with one attached hydrogen (secondary N) is 1. The Bertz CT molecular complexity index is 551. The van der Waals surface area contributed by atoms with Crippen LogP contribution in [0.15, 0.2) is 18.2 Å². The second kappa shape index (κ2) is 7.13. The van der Waals surface area contributed by atoms with E-state index in [1.807, 2.05) is 0 Å². The van der Waals surface area contributed by atoms with Crippen molar-refractivity contribution >= 4 is 17.7 Å². The van der Waals surface area contributed by atoms with Gasteiger partial charge in [0.05, 0.1) is 5.69 Å². The number of hydrogen-bond acceptors (Lipinski definition) is 5. The molecule has 1 aromatic carbocycles. The number of carbonyl (C=O) groups excluding carboxylic acids is 1. The summed E-state index contributed by atoms with van der Waals surface area (Å²) < 4.78 is 5.11. The van der Waals surface area contributed by atoms with Gasteiger partial charge in [-0.05, 0) is 44.9 Å². The maximum absolute atomic E-state index is 11.7. The average Bonchev–Trinajstić information content (AvgIpc) is 2.36. The minimum Gasteiger partial charge on any atom is -0.506 e. The minimum atomic E-state index is -0.929. The summed E-state index contributed by atoms with van der Waals surface area (Å²) in [4.78, 5) is 22.3. The van der Waals surface area contributed by atoms with Crippen molar-refractivity contribution in [3.8, 4) is 5.75 Å². The fraction of sp³-hybridized carbons (Fsp3) is 0.467. The third-order valence-electron chi connectivity index (χ3n) is 2.75. The van der Waals surface area contributed by atoms with E-state index in [9.17, 15) is 14.7 Å². The molecule has 5 N–H and O–H groups in total. The molecule has 1 rings (SSSR count). The Labute approximate surface area is 129 Å². The number of phenolic OH excluding ortho intramolecular Hbond substituents is 1. The van der Waals surface area contributed by atoms with Crippen molar-refractivity contribution in [3.63, 3.8) is 0 Å². The molecule has 1 unspecified atom stereocenters. The van der Waals surface area contributed by atoms with E-state index < -0.39 is 23.7 Å². The molecule has 0 saturated heterocycles. The molecular weight excluding hydrogens is 288 g/mol. The van der Waals surface area contributed by atoms with Gasteiger partial charge >= 0.3 is 12.1 Å². The van der Waals surface area contributed by atoms with E-state index in [0.29, 0.717) is 5.56 Å². The molecule has 122 valence electrons. The molecule has 22 heavy (non-hydrogen) atoms. The highest BCUT2D eigenvalue weighted by Crippen LogP contribution is 2.28. The second-order valence-corrected chi connectivity index (χ2v) is 5.94. The van der Waals surface area contributed by atoms with Crippen molar-refractivity contribution in [2.75, 3.05) is 5.32 Å². The first-order chi connectivity index (χ1) is 10.1. The van der Waals surface area contributed by atoms with E-state index in [-0.39, 0.29) is 24.3 Å². The van der Waals surface area contributed by atoms with Gasteiger partial charge in [-0.3, -0.25) is 10.1 Å². The van der Waals surface area contributed by atoms with Crippen molar-refractivity contribution in [1.82, 2.24) is 0 Å². The summed E-state index contributed by atoms with van der Waals surface area (Å²) in [7, 11) is 0. The molecular formula is C15H22N2O5. The normalized spacial score (nSPS) is 12.5. The van der Waals surface area contributed by atoms with Gasteiger partial charge in [0.2, 0.25) is 0 Å². The first kappa shape index (κ1) is 17.8. The van der Waals surface area contributed by atoms with Crippen molar-refractivity contribution in [3.05, 3.63) is 23.8 Å². The summed E-state index contributed by atoms with van der Waals surface area (Å²) in [6, 6.07) is 3.98. The molecule has 0 fully saturated rings. The number of amides is 1. The zero-order chi connectivity index (χ0) is 16.9. The summed E-state index contributed by atoms with van der Waals surface area (Å²) in [5, 5.41) is 20.9. The van der Waals surface area contributed by atoms with Gasteiger partial charge < -0.3 is 20.7 Å². The zero-order valence-corrected chi connectivity index (χ0v) is 12.9. The Morgan fingerprint density at radius 1 is 1.36 bits per heavy atom. The van der Waals surface area contributed by atoms with Crippen molar-refractivity contribution in [2.24, 2.45) is 5.73 Å². The van der Waals surface area contributed by atoms with Crippen LogP contribution in [0.1, 0.15) is 45.2 Å². The lowest BCUT2D eigenvalue weighted by atomic mass is 10.0. The number of aromatic hydroxyl groups is 1. The van der Waals surface area contributed by atoms with Crippen LogP contribution in [0.3, 0.4) is 0 Å². The number of carbonyl (C=O) groups is 2. The standard InChI is InChI=1S/C15H22N2O5/c1-15(2,3)22-14(21)17-11-8-9(4-6-12(11)18)10(16)5-7-13(19)20/h4,6,8,10,18H,5,7,16H2,1-3H3,(H,17,21)(H,19,20). The smallest absolute Gasteiger partial charge is 0.412 e. The Morgan fingerprint density at radius 3 is 2.55 bits per heavy atom. The van der Waals surface area contributed by atoms with Gasteiger partial charge in [0.15, 0.2) is 0 Å². The molecule has 7 heteroatoms. The Hall–Kier alpha value is -2.28. The molecule has 0 aliphatic carbocycles. The van der Waals surface area contributed by atoms with Crippen LogP contribution < -0.4 is 11.1 Å². The fourth-order valence-electron chi connectivity index (χ4n) is 1.74. The van der Waals surface area contributed by atoms with Crippen LogP contribution in [0.25, 0.3) is 0 Å². The Balaban J connectivity index is 2.81. The number of carboxylic acids is 1. The van der Waals surface area contributed by atoms with Crippen LogP contribution in [-0.4, -0.2) is 27.9 Å². The predicted molar refractivity (Wildman–Crippen MR) is 81.8 cm³/mol. The van der Waals surface area contributed by atoms with Gasteiger partial charge in [-0.2, -0.15) is 0 Å². The van der Waals surface area contributed by atoms with Gasteiger partial charge in [0, 0.05) is 12.5 Å². The molecule has 0 aliphatic heterocycles. The number of carboxylic acid groups (broad SMARTS) is 1. The third-order valence-corrected chi connectivity index (χ3v) is 2.75. The SMILES string of the molecule is CC(C)(C)OC(=O)Nc1cc(C(N)CCC(=O)O)ccc1O. The quantitative estimate of drug-likeness (QED) is 0.620. The number of phenols is 1. The molecule has 1 aromatic rings. The number of aliphatic carboxylic acids is 1. The molecule has 0 radical (unpaired) electrons. The number of ether oxygens (including phenoxy) is 1. The van der Waals surface area contributed by atoms with Gasteiger partial charge in [-0.15, -0.1) is 0 Å². The molecule has 0 saturated carbocycles. The highest BCUT2D eigenvalue weighted by molar-refractivity contribution is 5.87. The summed E-state index contributed by atoms with van der Waals surface area (Å²) in [5.41, 5.74) is 6.03. The van der Waals surface area contributed by atoms with Gasteiger partial charge in [0.1, 0.15) is 11.4 Å². The van der Waals surface area contributed by atoms with Gasteiger partial charge in [0.25, 0.3) is 0 Å². The second-order valence-electron chi connectivity index (χ2n) is 5.94. The predicted octanol–water partition coefficient (Wildman–Crippen LogP) is 2.60. The van der Waals surface area contributed by atoms with Crippen LogP contribution in [0.2, 0.25) is 0 Å². The lowest BCUT2D eigenvalue weighted by Gasteiger charge is -2.20. The van der Waals surface area contributed by atoms with E-state index in [0.717, 1.165) is 0 Å². The molecule has 7 nitrogen and oxygen atoms in total. The molecule has 0 heterocycles. The molecule has 0 bridgehead atoms. The molecule has 1 amide bonds. The third kappa shape index (κ3) is 6.01. The number of hydrogen-bond donors (Lipinski definition) is 4. The van der Waals surface area contributed by atoms with E-state index >= 15 is 0 Å². The highest BCUT2D eigenvalue weighted by atomic mass is 16.6. The monoisotopic (exact) mass is 310 g/mol. The maximum atomic E-state index is 11.7. The van der Waals surface area contributed by atoms with Crippen LogP contribution >= 0.6 is 0 Å². The molecule has 0 aliphatic rings. The van der Waals surface area contributed by atoms with Crippen LogP contribution in [0, 0.1) is 0 Å². The van der Waals surface area contributed by atoms with Crippen LogP contribution in [0.4, 0.5) is 10.5 Å². The van der Waals surface area contributed by atoms with Crippen LogP contribution in [0.5, 0.6) is 5.75 Å². The molecule has 0 spiro atoms. The number of anilines is 1. The summed E-state index contributed by atoms with van der Waals surface area (Å²) >= 11 is 0. The van der Waals surface area contributed by atoms with Crippen molar-refractivity contribution in [1.29, 1.82) is 0 Å². The first-order valence-corrected chi connectivity index (χ1v) is 6.89. The van der Waals surface area contributed by atoms with E-state index in [4.69, 9.17) is 15.6 Å². The van der Waals surface area contributed by atoms with Gasteiger partial charge in [-0.25, -0.2) is 4.79 Å². The van der Waals surface area contributed by atoms with Crippen molar-refractivity contribution < 1.29 is 24.5 Å². The Kier molecular flexibility index (Phi) is 5.76. The number of benzene rings is 1. The lowest BCUT2D eigenvalue weighted by molar-refractivity contribution is -0.137. The van der Waals surface area contributed by atoms with E-state index in [1.54, 1.807) is 26.8 Å². The summed E-state index contributed by atoms with van der Waals surface area (Å²) in [5.74, 6) is -1.05. The lowest BCUT2D eigenvalue weighted by Crippen LogP contribution is -2.27. The van der Waals surface area contributed by atoms with E-state index in [1.165, 1.54) is 12.1 Å². The highest BCUT2D eigenvalue weighted by Gasteiger charge is 2.18. The first-order valence-electron chi connectivity index (χ1n) is 6.89. The average molecular weight is 310 g/mol. The summed E-state index contributed by atoms with van der Waals surface area (Å²) in [6.07, 6.45) is -0.498. The molecule has 0 aromatic heterocycles. The largest absolute Gasteiger partial charge is 0.506 e.